The molecule has 1 N–H and O–H groups in total. The summed E-state index contributed by atoms with van der Waals surface area (Å²) in [5, 5.41) is 2.88. The van der Waals surface area contributed by atoms with Crippen molar-refractivity contribution < 1.29 is 27.5 Å². The maximum absolute atomic E-state index is 13.3. The SMILES string of the molecule is CCCN(CCC)S(=O)(=O)c1ccc2c(c1)N(CC(=O)NCCc1ccc(OCC)c(OCC)c1)C(=O)CS2. The topological polar surface area (TPSA) is 105 Å². The van der Waals surface area contributed by atoms with Crippen molar-refractivity contribution in [2.24, 2.45) is 0 Å². The Balaban J connectivity index is 1.70. The monoisotopic (exact) mass is 577 g/mol. The van der Waals surface area contributed by atoms with Gasteiger partial charge in [-0.15, -0.1) is 11.8 Å². The Morgan fingerprint density at radius 2 is 1.69 bits per heavy atom. The predicted molar refractivity (Wildman–Crippen MR) is 154 cm³/mol. The van der Waals surface area contributed by atoms with Crippen LogP contribution in [0.15, 0.2) is 46.2 Å². The largest absolute Gasteiger partial charge is 0.490 e. The fraction of sp³-hybridized carbons (Fsp3) is 0.500. The number of fused-ring (bicyclic) bond motifs is 1. The minimum absolute atomic E-state index is 0.129. The normalized spacial score (nSPS) is 13.4. The lowest BCUT2D eigenvalue weighted by molar-refractivity contribution is -0.122. The molecular formula is C28H39N3O6S2. The van der Waals surface area contributed by atoms with Crippen molar-refractivity contribution in [1.29, 1.82) is 0 Å². The number of sulfonamides is 1. The fourth-order valence-corrected chi connectivity index (χ4v) is 6.87. The Hall–Kier alpha value is -2.76. The fourth-order valence-electron chi connectivity index (χ4n) is 4.31. The molecule has 2 aromatic rings. The minimum Gasteiger partial charge on any atom is -0.490 e. The van der Waals surface area contributed by atoms with Crippen LogP contribution in [0.4, 0.5) is 5.69 Å². The van der Waals surface area contributed by atoms with E-state index in [4.69, 9.17) is 9.47 Å². The second kappa shape index (κ2) is 14.6. The van der Waals surface area contributed by atoms with Crippen LogP contribution in [0.2, 0.25) is 0 Å². The first-order valence-electron chi connectivity index (χ1n) is 13.5. The molecule has 0 radical (unpaired) electrons. The van der Waals surface area contributed by atoms with Crippen molar-refractivity contribution in [2.45, 2.75) is 56.7 Å². The van der Waals surface area contributed by atoms with Gasteiger partial charge in [0.25, 0.3) is 0 Å². The molecule has 0 bridgehead atoms. The van der Waals surface area contributed by atoms with Gasteiger partial charge in [-0.1, -0.05) is 19.9 Å². The molecule has 9 nitrogen and oxygen atoms in total. The summed E-state index contributed by atoms with van der Waals surface area (Å²) in [7, 11) is -3.72. The van der Waals surface area contributed by atoms with Gasteiger partial charge >= 0.3 is 0 Å². The van der Waals surface area contributed by atoms with Gasteiger partial charge in [0.2, 0.25) is 21.8 Å². The van der Waals surface area contributed by atoms with E-state index in [2.05, 4.69) is 5.32 Å². The van der Waals surface area contributed by atoms with Gasteiger partial charge in [0.1, 0.15) is 6.54 Å². The number of hydrogen-bond donors (Lipinski definition) is 1. The van der Waals surface area contributed by atoms with Gasteiger partial charge in [-0.05, 0) is 69.0 Å². The molecule has 0 saturated carbocycles. The van der Waals surface area contributed by atoms with Gasteiger partial charge in [-0.2, -0.15) is 4.31 Å². The molecule has 1 aliphatic heterocycles. The number of hydrogen-bond acceptors (Lipinski definition) is 7. The highest BCUT2D eigenvalue weighted by Gasteiger charge is 2.30. The number of nitrogens with one attached hydrogen (secondary N) is 1. The van der Waals surface area contributed by atoms with E-state index >= 15 is 0 Å². The summed E-state index contributed by atoms with van der Waals surface area (Å²) in [5.74, 6) is 0.990. The lowest BCUT2D eigenvalue weighted by Gasteiger charge is -2.29. The van der Waals surface area contributed by atoms with Crippen LogP contribution >= 0.6 is 11.8 Å². The van der Waals surface area contributed by atoms with Crippen LogP contribution < -0.4 is 19.7 Å². The molecule has 1 aliphatic rings. The number of carbonyl (C=O) groups is 2. The average Bonchev–Trinajstić information content (AvgIpc) is 2.91. The maximum atomic E-state index is 13.3. The van der Waals surface area contributed by atoms with Crippen LogP contribution in [0.25, 0.3) is 0 Å². The second-order valence-corrected chi connectivity index (χ2v) is 12.0. The van der Waals surface area contributed by atoms with Gasteiger partial charge in [-0.3, -0.25) is 9.59 Å². The molecule has 214 valence electrons. The van der Waals surface area contributed by atoms with Crippen LogP contribution in [0.3, 0.4) is 0 Å². The number of ether oxygens (including phenoxy) is 2. The first-order chi connectivity index (χ1) is 18.7. The van der Waals surface area contributed by atoms with Crippen molar-refractivity contribution in [3.63, 3.8) is 0 Å². The third kappa shape index (κ3) is 7.89. The van der Waals surface area contributed by atoms with Crippen molar-refractivity contribution in [2.75, 3.05) is 50.0 Å². The first kappa shape index (κ1) is 30.8. The lowest BCUT2D eigenvalue weighted by Crippen LogP contribution is -2.43. The van der Waals surface area contributed by atoms with Crippen LogP contribution in [-0.4, -0.2) is 69.7 Å². The molecule has 11 heteroatoms. The minimum atomic E-state index is -3.72. The summed E-state index contributed by atoms with van der Waals surface area (Å²) in [4.78, 5) is 27.9. The molecular weight excluding hydrogens is 538 g/mol. The van der Waals surface area contributed by atoms with Gasteiger partial charge < -0.3 is 19.7 Å². The number of benzene rings is 2. The number of anilines is 1. The summed E-state index contributed by atoms with van der Waals surface area (Å²) >= 11 is 1.35. The van der Waals surface area contributed by atoms with Gasteiger partial charge in [0.15, 0.2) is 11.5 Å². The number of rotatable bonds is 15. The molecule has 0 atom stereocenters. The van der Waals surface area contributed by atoms with E-state index in [1.165, 1.54) is 27.0 Å². The average molecular weight is 578 g/mol. The molecule has 0 aliphatic carbocycles. The van der Waals surface area contributed by atoms with E-state index in [0.29, 0.717) is 69.3 Å². The van der Waals surface area contributed by atoms with Crippen LogP contribution in [0, 0.1) is 0 Å². The molecule has 0 saturated heterocycles. The molecule has 0 unspecified atom stereocenters. The Labute approximate surface area is 236 Å². The quantitative estimate of drug-likeness (QED) is 0.340. The third-order valence-electron chi connectivity index (χ3n) is 6.10. The number of amides is 2. The Bertz CT molecular complexity index is 1250. The van der Waals surface area contributed by atoms with Crippen molar-refractivity contribution in [3.8, 4) is 11.5 Å². The number of nitrogens with zero attached hydrogens (tertiary/aromatic N) is 2. The molecule has 2 amide bonds. The molecule has 0 aromatic heterocycles. The summed E-state index contributed by atoms with van der Waals surface area (Å²) in [6.07, 6.45) is 1.98. The molecule has 2 aromatic carbocycles. The number of carbonyl (C=O) groups excluding carboxylic acids is 2. The second-order valence-electron chi connectivity index (χ2n) is 9.05. The van der Waals surface area contributed by atoms with Crippen molar-refractivity contribution in [1.82, 2.24) is 9.62 Å². The van der Waals surface area contributed by atoms with Crippen LogP contribution in [0.1, 0.15) is 46.1 Å². The van der Waals surface area contributed by atoms with Gasteiger partial charge in [0.05, 0.1) is 29.5 Å². The molecule has 1 heterocycles. The maximum Gasteiger partial charge on any atom is 0.243 e. The molecule has 3 rings (SSSR count). The smallest absolute Gasteiger partial charge is 0.243 e. The number of thioether (sulfide) groups is 1. The van der Waals surface area contributed by atoms with Crippen molar-refractivity contribution >= 4 is 39.3 Å². The van der Waals surface area contributed by atoms with E-state index in [1.807, 2.05) is 45.9 Å². The molecule has 0 spiro atoms. The highest BCUT2D eigenvalue weighted by atomic mass is 32.2. The third-order valence-corrected chi connectivity index (χ3v) is 9.04. The zero-order valence-corrected chi connectivity index (χ0v) is 24.8. The summed E-state index contributed by atoms with van der Waals surface area (Å²) in [5.41, 5.74) is 1.44. The standard InChI is InChI=1S/C28H39N3O6S2/c1-5-15-30(16-6-2)39(34,35)22-10-12-26-23(18-22)31(28(33)20-38-26)19-27(32)29-14-13-21-9-11-24(36-7-3)25(17-21)37-8-4/h9-12,17-18H,5-8,13-16,19-20H2,1-4H3,(H,29,32). The van der Waals surface area contributed by atoms with Gasteiger partial charge in [0, 0.05) is 24.5 Å². The zero-order valence-electron chi connectivity index (χ0n) is 23.2. The van der Waals surface area contributed by atoms with Crippen molar-refractivity contribution in [3.05, 3.63) is 42.0 Å². The molecule has 0 fully saturated rings. The highest BCUT2D eigenvalue weighted by Crippen LogP contribution is 2.37. The lowest BCUT2D eigenvalue weighted by atomic mass is 10.1. The predicted octanol–water partition coefficient (Wildman–Crippen LogP) is 4.09. The van der Waals surface area contributed by atoms with E-state index in [1.54, 1.807) is 12.1 Å². The van der Waals surface area contributed by atoms with Crippen LogP contribution in [-0.2, 0) is 26.0 Å². The summed E-state index contributed by atoms with van der Waals surface area (Å²) in [6, 6.07) is 10.5. The van der Waals surface area contributed by atoms with Gasteiger partial charge in [-0.25, -0.2) is 8.42 Å². The Kier molecular flexibility index (Phi) is 11.5. The van der Waals surface area contributed by atoms with E-state index in [-0.39, 0.29) is 29.0 Å². The zero-order chi connectivity index (χ0) is 28.4. The van der Waals surface area contributed by atoms with E-state index in [0.717, 1.165) is 10.5 Å². The highest BCUT2D eigenvalue weighted by molar-refractivity contribution is 8.00. The van der Waals surface area contributed by atoms with E-state index < -0.39 is 10.0 Å². The van der Waals surface area contributed by atoms with Crippen LogP contribution in [0.5, 0.6) is 11.5 Å². The van der Waals surface area contributed by atoms with E-state index in [9.17, 15) is 18.0 Å². The molecule has 39 heavy (non-hydrogen) atoms. The Morgan fingerprint density at radius 3 is 2.36 bits per heavy atom. The summed E-state index contributed by atoms with van der Waals surface area (Å²) in [6.45, 7) is 9.79. The Morgan fingerprint density at radius 1 is 1.00 bits per heavy atom. The first-order valence-corrected chi connectivity index (χ1v) is 15.9. The summed E-state index contributed by atoms with van der Waals surface area (Å²) < 4.78 is 39.4.